The maximum atomic E-state index is 11.8. The predicted octanol–water partition coefficient (Wildman–Crippen LogP) is 1.08. The van der Waals surface area contributed by atoms with Gasteiger partial charge in [0.15, 0.2) is 5.17 Å². The van der Waals surface area contributed by atoms with Crippen LogP contribution < -0.4 is 5.32 Å². The van der Waals surface area contributed by atoms with E-state index in [0.29, 0.717) is 6.42 Å². The summed E-state index contributed by atoms with van der Waals surface area (Å²) in [6, 6.07) is 0. The van der Waals surface area contributed by atoms with Gasteiger partial charge in [-0.3, -0.25) is 9.79 Å². The van der Waals surface area contributed by atoms with Gasteiger partial charge in [0, 0.05) is 31.8 Å². The zero-order valence-corrected chi connectivity index (χ0v) is 10.4. The molecule has 0 atom stereocenters. The molecule has 0 aliphatic carbocycles. The molecule has 1 N–H and O–H groups in total. The molecule has 4 nitrogen and oxygen atoms in total. The molecule has 0 unspecified atom stereocenters. The van der Waals surface area contributed by atoms with Crippen molar-refractivity contribution >= 4 is 22.8 Å². The zero-order valence-electron chi connectivity index (χ0n) is 9.57. The molecule has 2 heterocycles. The Hall–Kier alpha value is -0.710. The normalized spacial score (nSPS) is 20.8. The summed E-state index contributed by atoms with van der Waals surface area (Å²) in [6.07, 6.45) is 4.21. The zero-order chi connectivity index (χ0) is 11.2. The Balaban J connectivity index is 1.63. The van der Waals surface area contributed by atoms with E-state index in [-0.39, 0.29) is 5.91 Å². The molecule has 1 fully saturated rings. The lowest BCUT2D eigenvalue weighted by atomic mass is 10.1. The van der Waals surface area contributed by atoms with Crippen LogP contribution in [0.1, 0.15) is 25.7 Å². The molecule has 1 saturated heterocycles. The van der Waals surface area contributed by atoms with Crippen LogP contribution in [0.25, 0.3) is 0 Å². The molecule has 0 radical (unpaired) electrons. The number of aliphatic imine (C=N–C) groups is 1. The van der Waals surface area contributed by atoms with Gasteiger partial charge in [-0.25, -0.2) is 0 Å². The predicted molar refractivity (Wildman–Crippen MR) is 67.8 cm³/mol. The largest absolute Gasteiger partial charge is 0.364 e. The second-order valence-electron chi connectivity index (χ2n) is 4.15. The van der Waals surface area contributed by atoms with Gasteiger partial charge in [0.05, 0.1) is 6.54 Å². The van der Waals surface area contributed by atoms with Crippen molar-refractivity contribution in [3.63, 3.8) is 0 Å². The summed E-state index contributed by atoms with van der Waals surface area (Å²) >= 11 is 1.74. The lowest BCUT2D eigenvalue weighted by Gasteiger charge is -2.26. The highest BCUT2D eigenvalue weighted by atomic mass is 32.2. The van der Waals surface area contributed by atoms with Crippen LogP contribution in [0.15, 0.2) is 4.99 Å². The van der Waals surface area contributed by atoms with Crippen molar-refractivity contribution < 1.29 is 4.79 Å². The fourth-order valence-corrected chi connectivity index (χ4v) is 2.78. The van der Waals surface area contributed by atoms with E-state index in [2.05, 4.69) is 10.3 Å². The van der Waals surface area contributed by atoms with Gasteiger partial charge in [-0.15, -0.1) is 0 Å². The molecule has 0 spiro atoms. The van der Waals surface area contributed by atoms with Crippen LogP contribution in [-0.2, 0) is 4.79 Å². The van der Waals surface area contributed by atoms with Crippen LogP contribution in [-0.4, -0.2) is 47.9 Å². The van der Waals surface area contributed by atoms with Crippen molar-refractivity contribution in [2.75, 3.05) is 31.9 Å². The maximum Gasteiger partial charge on any atom is 0.224 e. The van der Waals surface area contributed by atoms with Crippen molar-refractivity contribution in [2.45, 2.75) is 25.7 Å². The molecular formula is C11H19N3OS. The fraction of sp³-hybridized carbons (Fsp3) is 0.818. The highest BCUT2D eigenvalue weighted by Crippen LogP contribution is 2.11. The molecule has 2 aliphatic rings. The third-order valence-electron chi connectivity index (χ3n) is 2.91. The number of thioether (sulfide) groups is 1. The number of carbonyl (C=O) groups is 1. The number of piperidine rings is 1. The first kappa shape index (κ1) is 11.8. The molecule has 0 aromatic carbocycles. The molecule has 16 heavy (non-hydrogen) atoms. The molecule has 90 valence electrons. The number of amidine groups is 1. The quantitative estimate of drug-likeness (QED) is 0.804. The van der Waals surface area contributed by atoms with E-state index in [9.17, 15) is 4.79 Å². The van der Waals surface area contributed by atoms with Crippen LogP contribution >= 0.6 is 11.8 Å². The third kappa shape index (κ3) is 3.40. The number of nitrogens with zero attached hydrogens (tertiary/aromatic N) is 2. The monoisotopic (exact) mass is 241 g/mol. The second kappa shape index (κ2) is 6.13. The minimum atomic E-state index is 0.288. The summed E-state index contributed by atoms with van der Waals surface area (Å²) in [7, 11) is 0. The summed E-state index contributed by atoms with van der Waals surface area (Å²) in [5, 5.41) is 4.22. The second-order valence-corrected chi connectivity index (χ2v) is 5.24. The Kier molecular flexibility index (Phi) is 4.51. The van der Waals surface area contributed by atoms with Gasteiger partial charge in [-0.2, -0.15) is 0 Å². The van der Waals surface area contributed by atoms with E-state index >= 15 is 0 Å². The van der Waals surface area contributed by atoms with Crippen LogP contribution in [0.5, 0.6) is 0 Å². The van der Waals surface area contributed by atoms with Gasteiger partial charge in [0.2, 0.25) is 5.91 Å². The number of rotatable bonds is 3. The maximum absolute atomic E-state index is 11.8. The lowest BCUT2D eigenvalue weighted by Crippen LogP contribution is -2.37. The Morgan fingerprint density at radius 1 is 1.38 bits per heavy atom. The van der Waals surface area contributed by atoms with Crippen LogP contribution in [0.2, 0.25) is 0 Å². The molecule has 2 rings (SSSR count). The minimum absolute atomic E-state index is 0.288. The first-order valence-corrected chi connectivity index (χ1v) is 7.04. The summed E-state index contributed by atoms with van der Waals surface area (Å²) in [4.78, 5) is 18.1. The van der Waals surface area contributed by atoms with Gasteiger partial charge in [-0.1, -0.05) is 11.8 Å². The van der Waals surface area contributed by atoms with Crippen molar-refractivity contribution in [2.24, 2.45) is 4.99 Å². The van der Waals surface area contributed by atoms with Gasteiger partial charge in [0.25, 0.3) is 0 Å². The van der Waals surface area contributed by atoms with Gasteiger partial charge in [0.1, 0.15) is 0 Å². The molecule has 0 aromatic rings. The fourth-order valence-electron chi connectivity index (χ4n) is 2.02. The van der Waals surface area contributed by atoms with Gasteiger partial charge < -0.3 is 10.2 Å². The summed E-state index contributed by atoms with van der Waals surface area (Å²) in [5.74, 6) is 1.36. The molecule has 1 amide bonds. The van der Waals surface area contributed by atoms with Crippen LogP contribution in [0.4, 0.5) is 0 Å². The Morgan fingerprint density at radius 2 is 2.19 bits per heavy atom. The van der Waals surface area contributed by atoms with E-state index in [1.165, 1.54) is 19.3 Å². The number of carbonyl (C=O) groups excluding carboxylic acids is 1. The molecule has 5 heteroatoms. The Bertz CT molecular complexity index is 274. The average molecular weight is 241 g/mol. The van der Waals surface area contributed by atoms with E-state index in [1.807, 2.05) is 4.90 Å². The summed E-state index contributed by atoms with van der Waals surface area (Å²) in [5.41, 5.74) is 0. The SMILES string of the molecule is O=C(CCNC1=NCCS1)N1CCCCC1. The highest BCUT2D eigenvalue weighted by Gasteiger charge is 2.16. The van der Waals surface area contributed by atoms with Gasteiger partial charge in [-0.05, 0) is 19.3 Å². The molecule has 2 aliphatic heterocycles. The van der Waals surface area contributed by atoms with Gasteiger partial charge >= 0.3 is 0 Å². The smallest absolute Gasteiger partial charge is 0.224 e. The first-order valence-electron chi connectivity index (χ1n) is 6.05. The molecule has 0 aromatic heterocycles. The molecule has 0 saturated carbocycles. The first-order chi connectivity index (χ1) is 7.86. The average Bonchev–Trinajstić information content (AvgIpc) is 2.83. The van der Waals surface area contributed by atoms with E-state index in [4.69, 9.17) is 0 Å². The number of hydrogen-bond donors (Lipinski definition) is 1. The number of likely N-dealkylation sites (tertiary alicyclic amines) is 1. The third-order valence-corrected chi connectivity index (χ3v) is 3.84. The Morgan fingerprint density at radius 3 is 2.88 bits per heavy atom. The topological polar surface area (TPSA) is 44.7 Å². The van der Waals surface area contributed by atoms with Crippen LogP contribution in [0, 0.1) is 0 Å². The lowest BCUT2D eigenvalue weighted by molar-refractivity contribution is -0.131. The Labute approximate surface area is 101 Å². The summed E-state index contributed by atoms with van der Waals surface area (Å²) in [6.45, 7) is 3.54. The molecular weight excluding hydrogens is 222 g/mol. The summed E-state index contributed by atoms with van der Waals surface area (Å²) < 4.78 is 0. The van der Waals surface area contributed by atoms with E-state index in [1.54, 1.807) is 11.8 Å². The number of amides is 1. The minimum Gasteiger partial charge on any atom is -0.364 e. The number of hydrogen-bond acceptors (Lipinski definition) is 4. The number of nitrogens with one attached hydrogen (secondary N) is 1. The van der Waals surface area contributed by atoms with Crippen LogP contribution in [0.3, 0.4) is 0 Å². The van der Waals surface area contributed by atoms with Crippen molar-refractivity contribution in [1.29, 1.82) is 0 Å². The van der Waals surface area contributed by atoms with E-state index < -0.39 is 0 Å². The van der Waals surface area contributed by atoms with Crippen molar-refractivity contribution in [3.05, 3.63) is 0 Å². The standard InChI is InChI=1S/C11H19N3OS/c15-10(14-7-2-1-3-8-14)4-5-12-11-13-6-9-16-11/h1-9H2,(H,12,13). The van der Waals surface area contributed by atoms with E-state index in [0.717, 1.165) is 37.1 Å². The highest BCUT2D eigenvalue weighted by molar-refractivity contribution is 8.14. The molecule has 0 bridgehead atoms. The van der Waals surface area contributed by atoms with Crippen molar-refractivity contribution in [1.82, 2.24) is 10.2 Å². The van der Waals surface area contributed by atoms with Crippen molar-refractivity contribution in [3.8, 4) is 0 Å².